The molecular formula is C47H84NO8P. The molecule has 0 heterocycles. The molecule has 0 amide bonds. The largest absolute Gasteiger partial charge is 0.472 e. The Labute approximate surface area is 349 Å². The zero-order chi connectivity index (χ0) is 41.8. The highest BCUT2D eigenvalue weighted by Crippen LogP contribution is 2.43. The van der Waals surface area contributed by atoms with Crippen molar-refractivity contribution in [3.05, 3.63) is 60.8 Å². The average Bonchev–Trinajstić information content (AvgIpc) is 3.20. The van der Waals surface area contributed by atoms with Crippen LogP contribution in [0.5, 0.6) is 0 Å². The Hall–Kier alpha value is -2.29. The van der Waals surface area contributed by atoms with Crippen molar-refractivity contribution in [1.82, 2.24) is 0 Å². The number of unbranched alkanes of at least 4 members (excludes halogenated alkanes) is 19. The van der Waals surface area contributed by atoms with Crippen molar-refractivity contribution < 1.29 is 37.6 Å². The summed E-state index contributed by atoms with van der Waals surface area (Å²) < 4.78 is 32.8. The highest BCUT2D eigenvalue weighted by atomic mass is 31.2. The van der Waals surface area contributed by atoms with Crippen LogP contribution in [-0.4, -0.2) is 49.3 Å². The maximum absolute atomic E-state index is 12.6. The van der Waals surface area contributed by atoms with Crippen LogP contribution in [0.4, 0.5) is 0 Å². The summed E-state index contributed by atoms with van der Waals surface area (Å²) in [5.74, 6) is -0.881. The SMILES string of the molecule is CC/C=C\C/C=C\C/C=C\C/C=C\CCCCC(=O)OC(COC(=O)CCCCCCCCCCC/C=C\CCCCCCCCCC)COP(=O)(O)OCCN. The number of nitrogens with two attached hydrogens (primary N) is 1. The van der Waals surface area contributed by atoms with Gasteiger partial charge in [0.05, 0.1) is 13.2 Å². The number of ether oxygens (including phenoxy) is 2. The van der Waals surface area contributed by atoms with Crippen molar-refractivity contribution >= 4 is 19.8 Å². The summed E-state index contributed by atoms with van der Waals surface area (Å²) in [5, 5.41) is 0. The molecule has 3 N–H and O–H groups in total. The lowest BCUT2D eigenvalue weighted by atomic mass is 10.1. The first kappa shape index (κ1) is 54.7. The van der Waals surface area contributed by atoms with Crippen molar-refractivity contribution in [2.45, 2.75) is 200 Å². The number of hydrogen-bond acceptors (Lipinski definition) is 8. The lowest BCUT2D eigenvalue weighted by Gasteiger charge is -2.19. The third-order valence-electron chi connectivity index (χ3n) is 9.39. The molecule has 0 aromatic carbocycles. The molecule has 0 aromatic heterocycles. The molecule has 330 valence electrons. The maximum atomic E-state index is 12.6. The van der Waals surface area contributed by atoms with Crippen molar-refractivity contribution in [2.24, 2.45) is 5.73 Å². The number of carbonyl (C=O) groups excluding carboxylic acids is 2. The molecule has 57 heavy (non-hydrogen) atoms. The number of allylic oxidation sites excluding steroid dienone is 10. The summed E-state index contributed by atoms with van der Waals surface area (Å²) in [6.07, 6.45) is 51.2. The zero-order valence-electron chi connectivity index (χ0n) is 36.3. The molecule has 9 nitrogen and oxygen atoms in total. The molecule has 0 bridgehead atoms. The van der Waals surface area contributed by atoms with Crippen molar-refractivity contribution in [2.75, 3.05) is 26.4 Å². The summed E-state index contributed by atoms with van der Waals surface area (Å²) in [4.78, 5) is 34.9. The molecule has 0 radical (unpaired) electrons. The van der Waals surface area contributed by atoms with E-state index in [0.717, 1.165) is 57.8 Å². The molecule has 0 rings (SSSR count). The topological polar surface area (TPSA) is 134 Å². The van der Waals surface area contributed by atoms with Gasteiger partial charge in [-0.15, -0.1) is 0 Å². The first-order valence-corrected chi connectivity index (χ1v) is 24.3. The van der Waals surface area contributed by atoms with Crippen LogP contribution in [0, 0.1) is 0 Å². The fraction of sp³-hybridized carbons (Fsp3) is 0.745. The normalized spacial score (nSPS) is 13.8. The Morgan fingerprint density at radius 2 is 0.965 bits per heavy atom. The molecule has 10 heteroatoms. The first-order chi connectivity index (χ1) is 27.8. The van der Waals surface area contributed by atoms with Crippen LogP contribution in [0.3, 0.4) is 0 Å². The van der Waals surface area contributed by atoms with Crippen LogP contribution in [0.2, 0.25) is 0 Å². The van der Waals surface area contributed by atoms with E-state index in [0.29, 0.717) is 6.42 Å². The standard InChI is InChI=1S/C47H84NO8P/c1-3-5-7-9-11-13-15-17-19-20-21-22-23-24-26-27-29-31-33-35-37-39-46(49)53-43-45(44-55-57(51,52)54-42-41-48)56-47(50)40-38-36-34-32-30-28-25-18-16-14-12-10-8-6-4-2/h6,8,12,14,18,20-21,25,30,32,45H,3-5,7,9-11,13,15-17,19,22-24,26-29,31,33-44,48H2,1-2H3,(H,51,52)/b8-6-,14-12-,21-20-,25-18-,32-30-. The van der Waals surface area contributed by atoms with Crippen LogP contribution >= 0.6 is 7.82 Å². The van der Waals surface area contributed by atoms with Gasteiger partial charge in [0.25, 0.3) is 0 Å². The summed E-state index contributed by atoms with van der Waals surface area (Å²) in [6.45, 7) is 3.57. The van der Waals surface area contributed by atoms with E-state index in [9.17, 15) is 19.0 Å². The second-order valence-electron chi connectivity index (χ2n) is 14.9. The van der Waals surface area contributed by atoms with Gasteiger partial charge >= 0.3 is 19.8 Å². The minimum Gasteiger partial charge on any atom is -0.462 e. The molecule has 0 aliphatic heterocycles. The minimum atomic E-state index is -4.39. The van der Waals surface area contributed by atoms with Gasteiger partial charge in [-0.1, -0.05) is 164 Å². The third kappa shape index (κ3) is 43.1. The summed E-state index contributed by atoms with van der Waals surface area (Å²) >= 11 is 0. The summed E-state index contributed by atoms with van der Waals surface area (Å²) in [5.41, 5.74) is 5.35. The Kier molecular flexibility index (Phi) is 41.6. The zero-order valence-corrected chi connectivity index (χ0v) is 37.2. The Balaban J connectivity index is 4.14. The fourth-order valence-corrected chi connectivity index (χ4v) is 6.80. The van der Waals surface area contributed by atoms with Gasteiger partial charge < -0.3 is 20.1 Å². The Bertz CT molecular complexity index is 1120. The van der Waals surface area contributed by atoms with Gasteiger partial charge in [0.2, 0.25) is 0 Å². The van der Waals surface area contributed by atoms with E-state index in [1.165, 1.54) is 103 Å². The Morgan fingerprint density at radius 3 is 1.49 bits per heavy atom. The van der Waals surface area contributed by atoms with Gasteiger partial charge in [-0.2, -0.15) is 0 Å². The van der Waals surface area contributed by atoms with E-state index in [1.807, 2.05) is 0 Å². The van der Waals surface area contributed by atoms with Crippen LogP contribution in [0.25, 0.3) is 0 Å². The molecule has 2 atom stereocenters. The molecule has 2 unspecified atom stereocenters. The lowest BCUT2D eigenvalue weighted by molar-refractivity contribution is -0.161. The van der Waals surface area contributed by atoms with Gasteiger partial charge in [0, 0.05) is 19.4 Å². The van der Waals surface area contributed by atoms with E-state index >= 15 is 0 Å². The smallest absolute Gasteiger partial charge is 0.462 e. The molecular weight excluding hydrogens is 737 g/mol. The highest BCUT2D eigenvalue weighted by Gasteiger charge is 2.26. The van der Waals surface area contributed by atoms with Crippen LogP contribution in [0.15, 0.2) is 60.8 Å². The second kappa shape index (κ2) is 43.3. The number of phosphoric acid groups is 1. The van der Waals surface area contributed by atoms with Gasteiger partial charge in [0.15, 0.2) is 6.10 Å². The number of phosphoric ester groups is 1. The molecule has 0 aliphatic rings. The van der Waals surface area contributed by atoms with Gasteiger partial charge in [-0.05, 0) is 77.0 Å². The molecule has 0 saturated carbocycles. The number of hydrogen-bond donors (Lipinski definition) is 2. The monoisotopic (exact) mass is 822 g/mol. The number of rotatable bonds is 42. The quantitative estimate of drug-likeness (QED) is 0.0267. The second-order valence-corrected chi connectivity index (χ2v) is 16.3. The van der Waals surface area contributed by atoms with E-state index in [4.69, 9.17) is 24.3 Å². The van der Waals surface area contributed by atoms with Crippen molar-refractivity contribution in [3.63, 3.8) is 0 Å². The van der Waals surface area contributed by atoms with Crippen molar-refractivity contribution in [3.8, 4) is 0 Å². The number of carbonyl (C=O) groups is 2. The Morgan fingerprint density at radius 1 is 0.544 bits per heavy atom. The van der Waals surface area contributed by atoms with E-state index in [2.05, 4.69) is 74.6 Å². The van der Waals surface area contributed by atoms with Crippen LogP contribution < -0.4 is 5.73 Å². The van der Waals surface area contributed by atoms with Gasteiger partial charge in [0.1, 0.15) is 6.61 Å². The molecule has 0 aromatic rings. The third-order valence-corrected chi connectivity index (χ3v) is 10.4. The first-order valence-electron chi connectivity index (χ1n) is 22.8. The molecule has 0 saturated heterocycles. The highest BCUT2D eigenvalue weighted by molar-refractivity contribution is 7.47. The average molecular weight is 822 g/mol. The van der Waals surface area contributed by atoms with Crippen LogP contribution in [-0.2, 0) is 32.7 Å². The van der Waals surface area contributed by atoms with E-state index < -0.39 is 32.5 Å². The molecule has 0 fully saturated rings. The molecule has 0 spiro atoms. The van der Waals surface area contributed by atoms with Gasteiger partial charge in [-0.3, -0.25) is 18.6 Å². The van der Waals surface area contributed by atoms with Crippen LogP contribution in [0.1, 0.15) is 194 Å². The van der Waals surface area contributed by atoms with Gasteiger partial charge in [-0.25, -0.2) is 4.57 Å². The maximum Gasteiger partial charge on any atom is 0.472 e. The minimum absolute atomic E-state index is 0.0440. The predicted octanol–water partition coefficient (Wildman–Crippen LogP) is 13.3. The fourth-order valence-electron chi connectivity index (χ4n) is 6.03. The predicted molar refractivity (Wildman–Crippen MR) is 238 cm³/mol. The van der Waals surface area contributed by atoms with Crippen molar-refractivity contribution in [1.29, 1.82) is 0 Å². The molecule has 0 aliphatic carbocycles. The van der Waals surface area contributed by atoms with E-state index in [-0.39, 0.29) is 32.6 Å². The summed E-state index contributed by atoms with van der Waals surface area (Å²) in [7, 11) is -4.39. The lowest BCUT2D eigenvalue weighted by Crippen LogP contribution is -2.29. The number of esters is 2. The van der Waals surface area contributed by atoms with E-state index in [1.54, 1.807) is 0 Å². The summed E-state index contributed by atoms with van der Waals surface area (Å²) in [6, 6.07) is 0.